The van der Waals surface area contributed by atoms with Gasteiger partial charge >= 0.3 is 0 Å². The van der Waals surface area contributed by atoms with Gasteiger partial charge in [-0.05, 0) is 87.9 Å². The van der Waals surface area contributed by atoms with Crippen LogP contribution in [0.5, 0.6) is 11.5 Å². The third-order valence-electron chi connectivity index (χ3n) is 12.5. The average molecular weight is 610 g/mol. The molecule has 9 unspecified atom stereocenters. The summed E-state index contributed by atoms with van der Waals surface area (Å²) < 4.78 is 11.8. The molecular formula is C34H47N3O7. The van der Waals surface area contributed by atoms with Crippen LogP contribution in [-0.2, 0) is 32.1 Å². The van der Waals surface area contributed by atoms with Crippen molar-refractivity contribution in [1.29, 1.82) is 0 Å². The lowest BCUT2D eigenvalue weighted by atomic mass is 9.45. The molecule has 0 saturated heterocycles. The van der Waals surface area contributed by atoms with E-state index in [2.05, 4.69) is 19.2 Å². The fraction of sp³-hybridized carbons (Fsp3) is 0.706. The molecule has 6 aliphatic carbocycles. The van der Waals surface area contributed by atoms with E-state index in [1.807, 2.05) is 0 Å². The van der Waals surface area contributed by atoms with E-state index < -0.39 is 52.8 Å². The zero-order valence-electron chi connectivity index (χ0n) is 26.8. The van der Waals surface area contributed by atoms with Gasteiger partial charge in [0.25, 0.3) is 0 Å². The molecule has 44 heavy (non-hydrogen) atoms. The number of carbonyl (C=O) groups excluding carboxylic acids is 4. The van der Waals surface area contributed by atoms with Gasteiger partial charge in [0.1, 0.15) is 23.0 Å². The molecular weight excluding hydrogens is 562 g/mol. The third-order valence-corrected chi connectivity index (χ3v) is 12.5. The van der Waals surface area contributed by atoms with Crippen molar-refractivity contribution in [3.05, 3.63) is 22.8 Å². The number of rotatable bonds is 8. The zero-order valence-corrected chi connectivity index (χ0v) is 26.8. The molecule has 10 heteroatoms. The molecule has 0 aliphatic heterocycles. The number of primary amides is 1. The first-order valence-corrected chi connectivity index (χ1v) is 16.0. The third kappa shape index (κ3) is 4.38. The second-order valence-electron chi connectivity index (χ2n) is 14.8. The van der Waals surface area contributed by atoms with Gasteiger partial charge in [-0.3, -0.25) is 24.1 Å². The van der Waals surface area contributed by atoms with Gasteiger partial charge in [-0.1, -0.05) is 13.8 Å². The van der Waals surface area contributed by atoms with Crippen LogP contribution in [0, 0.1) is 46.8 Å². The summed E-state index contributed by atoms with van der Waals surface area (Å²) in [5.41, 5.74) is 5.99. The van der Waals surface area contributed by atoms with E-state index in [1.165, 1.54) is 26.4 Å². The highest BCUT2D eigenvalue weighted by Gasteiger charge is 2.66. The van der Waals surface area contributed by atoms with E-state index in [0.29, 0.717) is 42.0 Å². The Balaban J connectivity index is 1.30. The monoisotopic (exact) mass is 609 g/mol. The quantitative estimate of drug-likeness (QED) is 0.378. The molecule has 240 valence electrons. The van der Waals surface area contributed by atoms with E-state index in [1.54, 1.807) is 32.2 Å². The SMILES string of the molecule is COc1c(CNCC2CCC3CC2C3(C)C)cc(O)c2c1CC1CC3C(N(C)C)C(=O)C(C(N)=O)CC3(OC)C(=O)C1C2=O. The number of phenols is 1. The van der Waals surface area contributed by atoms with Crippen LogP contribution in [-0.4, -0.2) is 79.8 Å². The summed E-state index contributed by atoms with van der Waals surface area (Å²) in [6.07, 6.45) is 4.32. The van der Waals surface area contributed by atoms with Gasteiger partial charge in [0.2, 0.25) is 5.91 Å². The van der Waals surface area contributed by atoms with E-state index >= 15 is 0 Å². The first kappa shape index (κ1) is 31.2. The Kier molecular flexibility index (Phi) is 7.73. The van der Waals surface area contributed by atoms with Crippen molar-refractivity contribution in [3.63, 3.8) is 0 Å². The molecule has 0 radical (unpaired) electrons. The van der Waals surface area contributed by atoms with E-state index in [-0.39, 0.29) is 23.5 Å². The van der Waals surface area contributed by atoms with Crippen molar-refractivity contribution in [1.82, 2.24) is 10.2 Å². The summed E-state index contributed by atoms with van der Waals surface area (Å²) in [6, 6.07) is 0.809. The van der Waals surface area contributed by atoms with Crippen LogP contribution >= 0.6 is 0 Å². The number of aromatic hydroxyl groups is 1. The molecule has 5 fully saturated rings. The van der Waals surface area contributed by atoms with E-state index in [0.717, 1.165) is 23.9 Å². The maximum absolute atomic E-state index is 14.4. The lowest BCUT2D eigenvalue weighted by Gasteiger charge is -2.60. The Labute approximate surface area is 259 Å². The molecule has 6 aliphatic rings. The number of ketones is 3. The zero-order chi connectivity index (χ0) is 31.9. The summed E-state index contributed by atoms with van der Waals surface area (Å²) in [7, 11) is 6.44. The highest BCUT2D eigenvalue weighted by molar-refractivity contribution is 6.18. The van der Waals surface area contributed by atoms with Gasteiger partial charge in [0.05, 0.1) is 24.6 Å². The fourth-order valence-electron chi connectivity index (χ4n) is 10.1. The predicted molar refractivity (Wildman–Crippen MR) is 162 cm³/mol. The Morgan fingerprint density at radius 1 is 1.14 bits per heavy atom. The first-order chi connectivity index (χ1) is 20.8. The topological polar surface area (TPSA) is 148 Å². The number of ether oxygens (including phenoxy) is 2. The number of hydrogen-bond acceptors (Lipinski definition) is 9. The minimum absolute atomic E-state index is 0.113. The molecule has 1 aromatic carbocycles. The Morgan fingerprint density at radius 3 is 2.45 bits per heavy atom. The first-order valence-electron chi connectivity index (χ1n) is 16.0. The van der Waals surface area contributed by atoms with Crippen LogP contribution in [0.2, 0.25) is 0 Å². The normalized spacial score (nSPS) is 37.1. The number of hydrogen-bond donors (Lipinski definition) is 3. The Hall–Kier alpha value is -2.82. The number of benzene rings is 1. The summed E-state index contributed by atoms with van der Waals surface area (Å²) >= 11 is 0. The number of nitrogens with zero attached hydrogens (tertiary/aromatic N) is 1. The average Bonchev–Trinajstić information content (AvgIpc) is 2.96. The van der Waals surface area contributed by atoms with E-state index in [9.17, 15) is 24.3 Å². The smallest absolute Gasteiger partial charge is 0.228 e. The second-order valence-corrected chi connectivity index (χ2v) is 14.8. The van der Waals surface area contributed by atoms with Gasteiger partial charge in [0.15, 0.2) is 17.3 Å². The molecule has 1 amide bonds. The van der Waals surface area contributed by atoms with Crippen molar-refractivity contribution in [2.45, 2.75) is 70.6 Å². The number of amides is 1. The molecule has 0 heterocycles. The molecule has 9 atom stereocenters. The van der Waals surface area contributed by atoms with Crippen molar-refractivity contribution >= 4 is 23.3 Å². The van der Waals surface area contributed by atoms with Crippen molar-refractivity contribution in [2.75, 3.05) is 34.9 Å². The number of nitrogens with one attached hydrogen (secondary N) is 1. The van der Waals surface area contributed by atoms with Crippen LogP contribution in [0.1, 0.15) is 67.4 Å². The Morgan fingerprint density at radius 2 is 1.86 bits per heavy atom. The predicted octanol–water partition coefficient (Wildman–Crippen LogP) is 2.51. The largest absolute Gasteiger partial charge is 0.507 e. The van der Waals surface area contributed by atoms with Gasteiger partial charge in [-0.25, -0.2) is 0 Å². The molecule has 7 rings (SSSR count). The summed E-state index contributed by atoms with van der Waals surface area (Å²) in [5, 5.41) is 14.8. The highest BCUT2D eigenvalue weighted by Crippen LogP contribution is 2.61. The minimum atomic E-state index is -1.52. The summed E-state index contributed by atoms with van der Waals surface area (Å²) in [6.45, 7) is 6.14. The Bertz CT molecular complexity index is 1400. The number of carbonyl (C=O) groups is 4. The van der Waals surface area contributed by atoms with Crippen LogP contribution < -0.4 is 15.8 Å². The molecule has 10 nitrogen and oxygen atoms in total. The van der Waals surface area contributed by atoms with E-state index in [4.69, 9.17) is 15.2 Å². The molecule has 1 aromatic rings. The number of Topliss-reactive ketones (excluding diaryl/α,β-unsaturated/α-hetero) is 3. The van der Waals surface area contributed by atoms with Crippen LogP contribution in [0.3, 0.4) is 0 Å². The lowest BCUT2D eigenvalue weighted by Crippen LogP contribution is -2.70. The minimum Gasteiger partial charge on any atom is -0.507 e. The molecule has 2 bridgehead atoms. The van der Waals surface area contributed by atoms with Gasteiger partial charge in [-0.2, -0.15) is 0 Å². The second kappa shape index (κ2) is 10.9. The maximum Gasteiger partial charge on any atom is 0.228 e. The van der Waals surface area contributed by atoms with Crippen LogP contribution in [0.4, 0.5) is 0 Å². The molecule has 5 saturated carbocycles. The number of methoxy groups -OCH3 is 2. The molecule has 4 N–H and O–H groups in total. The van der Waals surface area contributed by atoms with Gasteiger partial charge in [0, 0.05) is 37.1 Å². The number of phenolic OH excluding ortho intramolecular Hbond substituents is 1. The highest BCUT2D eigenvalue weighted by atomic mass is 16.5. The van der Waals surface area contributed by atoms with Crippen LogP contribution in [0.25, 0.3) is 0 Å². The maximum atomic E-state index is 14.4. The lowest BCUT2D eigenvalue weighted by molar-refractivity contribution is -0.182. The van der Waals surface area contributed by atoms with Crippen molar-refractivity contribution in [2.24, 2.45) is 52.6 Å². The standard InChI is InChI=1S/C34H47N3O7/c1-33(2)19-8-7-16(22(33)12-19)14-36-15-18-11-24(38)26-20(30(18)43-5)9-17-10-23-27(37(3)4)28(39)21(32(35)42)13-34(23,44-6)31(41)25(17)29(26)40/h11,16-17,19,21-23,25,27,36,38H,7-10,12-15H2,1-6H3,(H2,35,42). The van der Waals surface area contributed by atoms with Gasteiger partial charge < -0.3 is 25.6 Å². The number of nitrogens with two attached hydrogens (primary N) is 1. The van der Waals surface area contributed by atoms with Gasteiger partial charge in [-0.15, -0.1) is 0 Å². The summed E-state index contributed by atoms with van der Waals surface area (Å²) in [4.78, 5) is 56.0. The number of fused-ring (bicyclic) bond motifs is 5. The van der Waals surface area contributed by atoms with Crippen LogP contribution in [0.15, 0.2) is 6.07 Å². The number of likely N-dealkylation sites (N-methyl/N-ethyl adjacent to an activating group) is 1. The molecule has 0 aromatic heterocycles. The molecule has 0 spiro atoms. The fourth-order valence-corrected chi connectivity index (χ4v) is 10.1. The van der Waals surface area contributed by atoms with Crippen molar-refractivity contribution < 1.29 is 33.8 Å². The van der Waals surface area contributed by atoms with Crippen molar-refractivity contribution in [3.8, 4) is 11.5 Å². The summed E-state index contributed by atoms with van der Waals surface area (Å²) in [5.74, 6) is -2.72.